The average Bonchev–Trinajstić information content (AvgIpc) is 3.25. The van der Waals surface area contributed by atoms with Crippen molar-refractivity contribution < 1.29 is 9.53 Å². The standard InChI is InChI=1S/C16H19N5O2/c1-11-6-12(21-10-18-9-19-21)2-3-13(11)16(22)20-4-5-23-15-8-17-7-14(15)20/h2-3,6,9-10,14-15,17H,4-5,7-8H2,1H3/t14-,15+/m1/s1. The Kier molecular flexibility index (Phi) is 3.59. The third-order valence-corrected chi connectivity index (χ3v) is 4.58. The molecule has 0 spiro atoms. The van der Waals surface area contributed by atoms with Crippen molar-refractivity contribution in [3.05, 3.63) is 42.0 Å². The highest BCUT2D eigenvalue weighted by atomic mass is 16.5. The largest absolute Gasteiger partial charge is 0.373 e. The maximum Gasteiger partial charge on any atom is 0.254 e. The minimum absolute atomic E-state index is 0.0784. The lowest BCUT2D eigenvalue weighted by molar-refractivity contribution is -0.0365. The maximum atomic E-state index is 13.0. The number of nitrogens with zero attached hydrogens (tertiary/aromatic N) is 4. The van der Waals surface area contributed by atoms with Crippen molar-refractivity contribution in [2.75, 3.05) is 26.2 Å². The minimum atomic E-state index is 0.0784. The van der Waals surface area contributed by atoms with E-state index < -0.39 is 0 Å². The number of hydrogen-bond donors (Lipinski definition) is 1. The number of amides is 1. The molecule has 0 saturated carbocycles. The van der Waals surface area contributed by atoms with Crippen molar-refractivity contribution >= 4 is 5.91 Å². The Morgan fingerprint density at radius 2 is 2.30 bits per heavy atom. The van der Waals surface area contributed by atoms with Gasteiger partial charge in [-0.25, -0.2) is 9.67 Å². The zero-order valence-corrected chi connectivity index (χ0v) is 13.0. The Morgan fingerprint density at radius 3 is 3.09 bits per heavy atom. The SMILES string of the molecule is Cc1cc(-n2cncn2)ccc1C(=O)N1CCO[C@H]2CNC[C@H]21. The van der Waals surface area contributed by atoms with Crippen LogP contribution in [0.1, 0.15) is 15.9 Å². The van der Waals surface area contributed by atoms with Crippen molar-refractivity contribution in [3.8, 4) is 5.69 Å². The molecule has 2 atom stereocenters. The predicted molar refractivity (Wildman–Crippen MR) is 83.5 cm³/mol. The lowest BCUT2D eigenvalue weighted by atomic mass is 10.0. The van der Waals surface area contributed by atoms with Crippen LogP contribution in [0.5, 0.6) is 0 Å². The van der Waals surface area contributed by atoms with Gasteiger partial charge in [0.2, 0.25) is 0 Å². The first-order valence-corrected chi connectivity index (χ1v) is 7.83. The van der Waals surface area contributed by atoms with E-state index in [1.165, 1.54) is 6.33 Å². The number of fused-ring (bicyclic) bond motifs is 1. The molecule has 1 amide bonds. The molecule has 1 aromatic carbocycles. The molecule has 2 saturated heterocycles. The van der Waals surface area contributed by atoms with Crippen molar-refractivity contribution in [1.82, 2.24) is 25.0 Å². The van der Waals surface area contributed by atoms with Gasteiger partial charge < -0.3 is 15.0 Å². The summed E-state index contributed by atoms with van der Waals surface area (Å²) in [5.74, 6) is 0.0784. The monoisotopic (exact) mass is 313 g/mol. The highest BCUT2D eigenvalue weighted by Crippen LogP contribution is 2.22. The first-order valence-electron chi connectivity index (χ1n) is 7.83. The van der Waals surface area contributed by atoms with Crippen LogP contribution in [-0.4, -0.2) is 64.0 Å². The van der Waals surface area contributed by atoms with Gasteiger partial charge in [0.1, 0.15) is 12.7 Å². The summed E-state index contributed by atoms with van der Waals surface area (Å²) >= 11 is 0. The second kappa shape index (κ2) is 5.75. The van der Waals surface area contributed by atoms with E-state index in [1.54, 1.807) is 11.0 Å². The average molecular weight is 313 g/mol. The molecule has 7 nitrogen and oxygen atoms in total. The van der Waals surface area contributed by atoms with Crippen LogP contribution in [0.15, 0.2) is 30.9 Å². The summed E-state index contributed by atoms with van der Waals surface area (Å²) in [6.45, 7) is 4.82. The van der Waals surface area contributed by atoms with E-state index in [1.807, 2.05) is 30.0 Å². The van der Waals surface area contributed by atoms with Crippen LogP contribution in [-0.2, 0) is 4.74 Å². The summed E-state index contributed by atoms with van der Waals surface area (Å²) in [6.07, 6.45) is 3.25. The molecular formula is C16H19N5O2. The van der Waals surface area contributed by atoms with Crippen molar-refractivity contribution in [3.63, 3.8) is 0 Å². The fourth-order valence-corrected chi connectivity index (χ4v) is 3.37. The van der Waals surface area contributed by atoms with Crippen molar-refractivity contribution in [1.29, 1.82) is 0 Å². The number of ether oxygens (including phenoxy) is 1. The van der Waals surface area contributed by atoms with Gasteiger partial charge in [-0.15, -0.1) is 0 Å². The lowest BCUT2D eigenvalue weighted by Gasteiger charge is -2.37. The molecule has 7 heteroatoms. The Bertz CT molecular complexity index is 715. The normalized spacial score (nSPS) is 23.8. The molecule has 0 bridgehead atoms. The van der Waals surface area contributed by atoms with E-state index >= 15 is 0 Å². The number of carbonyl (C=O) groups is 1. The van der Waals surface area contributed by atoms with Crippen LogP contribution in [0.2, 0.25) is 0 Å². The van der Waals surface area contributed by atoms with Crippen LogP contribution >= 0.6 is 0 Å². The Balaban J connectivity index is 1.61. The van der Waals surface area contributed by atoms with Crippen LogP contribution < -0.4 is 5.32 Å². The summed E-state index contributed by atoms with van der Waals surface area (Å²) in [5, 5.41) is 7.43. The van der Waals surface area contributed by atoms with E-state index in [4.69, 9.17) is 4.74 Å². The number of aromatic nitrogens is 3. The summed E-state index contributed by atoms with van der Waals surface area (Å²) in [4.78, 5) is 18.9. The third kappa shape index (κ3) is 2.51. The molecule has 3 heterocycles. The second-order valence-electron chi connectivity index (χ2n) is 5.97. The topological polar surface area (TPSA) is 72.3 Å². The number of aryl methyl sites for hydroxylation is 1. The molecule has 1 aromatic heterocycles. The quantitative estimate of drug-likeness (QED) is 0.868. The van der Waals surface area contributed by atoms with E-state index in [2.05, 4.69) is 15.4 Å². The predicted octanol–water partition coefficient (Wildman–Crippen LogP) is 0.389. The van der Waals surface area contributed by atoms with Gasteiger partial charge in [0.15, 0.2) is 0 Å². The highest BCUT2D eigenvalue weighted by molar-refractivity contribution is 5.96. The fourth-order valence-electron chi connectivity index (χ4n) is 3.37. The highest BCUT2D eigenvalue weighted by Gasteiger charge is 2.38. The van der Waals surface area contributed by atoms with Gasteiger partial charge in [-0.2, -0.15) is 5.10 Å². The van der Waals surface area contributed by atoms with Crippen molar-refractivity contribution in [2.45, 2.75) is 19.1 Å². The number of rotatable bonds is 2. The molecule has 0 aliphatic carbocycles. The van der Waals surface area contributed by atoms with E-state index in [0.29, 0.717) is 13.2 Å². The van der Waals surface area contributed by atoms with Gasteiger partial charge in [-0.1, -0.05) is 0 Å². The van der Waals surface area contributed by atoms with Gasteiger partial charge >= 0.3 is 0 Å². The molecule has 2 aromatic rings. The number of hydrogen-bond acceptors (Lipinski definition) is 5. The van der Waals surface area contributed by atoms with Gasteiger partial charge in [0.05, 0.1) is 24.4 Å². The molecule has 0 unspecified atom stereocenters. The number of morpholine rings is 1. The van der Waals surface area contributed by atoms with E-state index in [9.17, 15) is 4.79 Å². The lowest BCUT2D eigenvalue weighted by Crippen LogP contribution is -2.53. The van der Waals surface area contributed by atoms with Gasteiger partial charge in [-0.3, -0.25) is 4.79 Å². The molecule has 2 fully saturated rings. The molecule has 23 heavy (non-hydrogen) atoms. The molecular weight excluding hydrogens is 294 g/mol. The van der Waals surface area contributed by atoms with Gasteiger partial charge in [0, 0.05) is 25.2 Å². The molecule has 2 aliphatic heterocycles. The van der Waals surface area contributed by atoms with Crippen LogP contribution in [0.4, 0.5) is 0 Å². The maximum absolute atomic E-state index is 13.0. The number of nitrogens with one attached hydrogen (secondary N) is 1. The summed E-state index contributed by atoms with van der Waals surface area (Å²) < 4.78 is 7.43. The van der Waals surface area contributed by atoms with Gasteiger partial charge in [0.25, 0.3) is 5.91 Å². The summed E-state index contributed by atoms with van der Waals surface area (Å²) in [6, 6.07) is 5.87. The molecule has 4 rings (SSSR count). The molecule has 120 valence electrons. The molecule has 1 N–H and O–H groups in total. The molecule has 2 aliphatic rings. The third-order valence-electron chi connectivity index (χ3n) is 4.58. The Hall–Kier alpha value is -2.25. The van der Waals surface area contributed by atoms with Gasteiger partial charge in [-0.05, 0) is 30.7 Å². The smallest absolute Gasteiger partial charge is 0.254 e. The first kappa shape index (κ1) is 14.3. The summed E-state index contributed by atoms with van der Waals surface area (Å²) in [7, 11) is 0. The van der Waals surface area contributed by atoms with Crippen LogP contribution in [0, 0.1) is 6.92 Å². The van der Waals surface area contributed by atoms with E-state index in [-0.39, 0.29) is 18.1 Å². The number of carbonyl (C=O) groups excluding carboxylic acids is 1. The zero-order valence-electron chi connectivity index (χ0n) is 13.0. The molecule has 0 radical (unpaired) electrons. The zero-order chi connectivity index (χ0) is 15.8. The van der Waals surface area contributed by atoms with Crippen molar-refractivity contribution in [2.24, 2.45) is 0 Å². The van der Waals surface area contributed by atoms with E-state index in [0.717, 1.165) is 29.9 Å². The second-order valence-corrected chi connectivity index (χ2v) is 5.97. The van der Waals surface area contributed by atoms with Crippen LogP contribution in [0.3, 0.4) is 0 Å². The first-order chi connectivity index (χ1) is 11.2. The Labute approximate surface area is 134 Å². The fraction of sp³-hybridized carbons (Fsp3) is 0.438. The number of benzene rings is 1. The Morgan fingerprint density at radius 1 is 1.39 bits per heavy atom. The summed E-state index contributed by atoms with van der Waals surface area (Å²) in [5.41, 5.74) is 2.58. The minimum Gasteiger partial charge on any atom is -0.373 e. The van der Waals surface area contributed by atoms with Crippen LogP contribution in [0.25, 0.3) is 5.69 Å².